The van der Waals surface area contributed by atoms with E-state index in [0.717, 1.165) is 36.6 Å². The summed E-state index contributed by atoms with van der Waals surface area (Å²) in [5.41, 5.74) is 8.05. The normalized spacial score (nSPS) is 24.3. The highest BCUT2D eigenvalue weighted by molar-refractivity contribution is 5.82. The van der Waals surface area contributed by atoms with Crippen molar-refractivity contribution in [3.63, 3.8) is 0 Å². The average molecular weight is 244 g/mol. The third kappa shape index (κ3) is 2.10. The lowest BCUT2D eigenvalue weighted by Crippen LogP contribution is -2.25. The molecule has 2 aromatic rings. The Labute approximate surface area is 106 Å². The monoisotopic (exact) mass is 244 g/mol. The maximum atomic E-state index is 13.4. The maximum absolute atomic E-state index is 13.4. The SMILES string of the molecule is NC1CCC(c2ccnc3ccc(F)cc23)CC1. The molecule has 2 nitrogen and oxygen atoms in total. The molecule has 1 aliphatic rings. The molecule has 1 fully saturated rings. The molecule has 1 heterocycles. The summed E-state index contributed by atoms with van der Waals surface area (Å²) in [5, 5.41) is 0.956. The first-order valence-corrected chi connectivity index (χ1v) is 6.54. The minimum atomic E-state index is -0.190. The van der Waals surface area contributed by atoms with Gasteiger partial charge in [-0.2, -0.15) is 0 Å². The van der Waals surface area contributed by atoms with Crippen LogP contribution >= 0.6 is 0 Å². The summed E-state index contributed by atoms with van der Waals surface area (Å²) in [5.74, 6) is 0.307. The molecule has 94 valence electrons. The van der Waals surface area contributed by atoms with Crippen LogP contribution in [0.1, 0.15) is 37.2 Å². The molecule has 0 saturated heterocycles. The predicted octanol–water partition coefficient (Wildman–Crippen LogP) is 3.36. The number of pyridine rings is 1. The maximum Gasteiger partial charge on any atom is 0.123 e. The van der Waals surface area contributed by atoms with Crippen LogP contribution in [0.2, 0.25) is 0 Å². The van der Waals surface area contributed by atoms with Gasteiger partial charge in [0.15, 0.2) is 0 Å². The van der Waals surface area contributed by atoms with Crippen LogP contribution in [-0.4, -0.2) is 11.0 Å². The van der Waals surface area contributed by atoms with E-state index in [1.54, 1.807) is 12.1 Å². The van der Waals surface area contributed by atoms with E-state index in [0.29, 0.717) is 12.0 Å². The molecule has 2 N–H and O–H groups in total. The number of nitrogens with zero attached hydrogens (tertiary/aromatic N) is 1. The van der Waals surface area contributed by atoms with Crippen LogP contribution in [0.5, 0.6) is 0 Å². The van der Waals surface area contributed by atoms with Crippen LogP contribution in [0, 0.1) is 5.82 Å². The van der Waals surface area contributed by atoms with E-state index in [1.807, 2.05) is 12.3 Å². The van der Waals surface area contributed by atoms with Crippen LogP contribution < -0.4 is 5.73 Å². The van der Waals surface area contributed by atoms with Crippen molar-refractivity contribution in [1.82, 2.24) is 4.98 Å². The van der Waals surface area contributed by atoms with Crippen LogP contribution in [0.25, 0.3) is 10.9 Å². The number of hydrogen-bond donors (Lipinski definition) is 1. The first-order valence-electron chi connectivity index (χ1n) is 6.54. The van der Waals surface area contributed by atoms with E-state index in [2.05, 4.69) is 4.98 Å². The van der Waals surface area contributed by atoms with Gasteiger partial charge in [-0.15, -0.1) is 0 Å². The molecule has 0 atom stereocenters. The fourth-order valence-corrected chi connectivity index (χ4v) is 2.93. The van der Waals surface area contributed by atoms with Crippen molar-refractivity contribution in [2.45, 2.75) is 37.6 Å². The Morgan fingerprint density at radius 3 is 2.67 bits per heavy atom. The summed E-state index contributed by atoms with van der Waals surface area (Å²) in [7, 11) is 0. The number of halogens is 1. The van der Waals surface area contributed by atoms with Crippen molar-refractivity contribution in [2.75, 3.05) is 0 Å². The Bertz CT molecular complexity index is 559. The van der Waals surface area contributed by atoms with Crippen LogP contribution in [0.3, 0.4) is 0 Å². The highest BCUT2D eigenvalue weighted by Crippen LogP contribution is 2.35. The number of benzene rings is 1. The molecule has 0 amide bonds. The van der Waals surface area contributed by atoms with Gasteiger partial charge in [0.1, 0.15) is 5.82 Å². The Balaban J connectivity index is 2.03. The quantitative estimate of drug-likeness (QED) is 0.835. The van der Waals surface area contributed by atoms with E-state index in [4.69, 9.17) is 5.73 Å². The molecule has 0 aliphatic heterocycles. The number of fused-ring (bicyclic) bond motifs is 1. The smallest absolute Gasteiger partial charge is 0.123 e. The summed E-state index contributed by atoms with van der Waals surface area (Å²) in [6, 6.07) is 7.19. The topological polar surface area (TPSA) is 38.9 Å². The van der Waals surface area contributed by atoms with Gasteiger partial charge in [0.05, 0.1) is 5.52 Å². The molecule has 0 radical (unpaired) electrons. The second-order valence-corrected chi connectivity index (χ2v) is 5.17. The molecule has 1 aromatic carbocycles. The third-order valence-corrected chi connectivity index (χ3v) is 3.95. The van der Waals surface area contributed by atoms with E-state index in [-0.39, 0.29) is 5.82 Å². The van der Waals surface area contributed by atoms with Crippen LogP contribution in [0.15, 0.2) is 30.5 Å². The van der Waals surface area contributed by atoms with Crippen molar-refractivity contribution in [1.29, 1.82) is 0 Å². The first-order chi connectivity index (χ1) is 8.74. The molecule has 18 heavy (non-hydrogen) atoms. The predicted molar refractivity (Wildman–Crippen MR) is 70.9 cm³/mol. The summed E-state index contributed by atoms with van der Waals surface area (Å²) >= 11 is 0. The molecular formula is C15H17FN2. The number of rotatable bonds is 1. The van der Waals surface area contributed by atoms with E-state index in [9.17, 15) is 4.39 Å². The number of nitrogens with two attached hydrogens (primary N) is 1. The zero-order valence-electron chi connectivity index (χ0n) is 10.3. The van der Waals surface area contributed by atoms with Crippen molar-refractivity contribution < 1.29 is 4.39 Å². The van der Waals surface area contributed by atoms with Gasteiger partial charge in [0.25, 0.3) is 0 Å². The lowest BCUT2D eigenvalue weighted by Gasteiger charge is -2.27. The molecule has 0 bridgehead atoms. The minimum absolute atomic E-state index is 0.190. The van der Waals surface area contributed by atoms with Crippen molar-refractivity contribution in [2.24, 2.45) is 5.73 Å². The van der Waals surface area contributed by atoms with Crippen molar-refractivity contribution in [3.05, 3.63) is 41.8 Å². The lowest BCUT2D eigenvalue weighted by molar-refractivity contribution is 0.397. The molecule has 1 aliphatic carbocycles. The molecular weight excluding hydrogens is 227 g/mol. The van der Waals surface area contributed by atoms with E-state index < -0.39 is 0 Å². The molecule has 3 heteroatoms. The first kappa shape index (κ1) is 11.6. The highest BCUT2D eigenvalue weighted by atomic mass is 19.1. The van der Waals surface area contributed by atoms with Gasteiger partial charge in [-0.1, -0.05) is 0 Å². The molecule has 0 unspecified atom stereocenters. The molecule has 3 rings (SSSR count). The highest BCUT2D eigenvalue weighted by Gasteiger charge is 2.21. The number of aromatic nitrogens is 1. The zero-order chi connectivity index (χ0) is 12.5. The molecule has 1 saturated carbocycles. The van der Waals surface area contributed by atoms with Gasteiger partial charge in [-0.3, -0.25) is 4.98 Å². The Morgan fingerprint density at radius 2 is 1.89 bits per heavy atom. The Hall–Kier alpha value is -1.48. The van der Waals surface area contributed by atoms with Gasteiger partial charge in [0, 0.05) is 17.6 Å². The minimum Gasteiger partial charge on any atom is -0.328 e. The second kappa shape index (κ2) is 4.65. The van der Waals surface area contributed by atoms with Gasteiger partial charge >= 0.3 is 0 Å². The Kier molecular flexibility index (Phi) is 3.00. The summed E-state index contributed by atoms with van der Waals surface area (Å²) in [4.78, 5) is 4.30. The summed E-state index contributed by atoms with van der Waals surface area (Å²) < 4.78 is 13.4. The fourth-order valence-electron chi connectivity index (χ4n) is 2.93. The van der Waals surface area contributed by atoms with E-state index in [1.165, 1.54) is 11.6 Å². The zero-order valence-corrected chi connectivity index (χ0v) is 10.3. The van der Waals surface area contributed by atoms with Gasteiger partial charge in [-0.05, 0) is 61.4 Å². The van der Waals surface area contributed by atoms with Crippen LogP contribution in [0.4, 0.5) is 4.39 Å². The van der Waals surface area contributed by atoms with Gasteiger partial charge < -0.3 is 5.73 Å². The van der Waals surface area contributed by atoms with Crippen molar-refractivity contribution in [3.8, 4) is 0 Å². The molecule has 1 aromatic heterocycles. The largest absolute Gasteiger partial charge is 0.328 e. The van der Waals surface area contributed by atoms with Crippen LogP contribution in [-0.2, 0) is 0 Å². The molecule has 0 spiro atoms. The summed E-state index contributed by atoms with van der Waals surface area (Å²) in [6.45, 7) is 0. The standard InChI is InChI=1S/C15H17FN2/c16-11-3-6-15-14(9-11)13(7-8-18-15)10-1-4-12(17)5-2-10/h3,6-10,12H,1-2,4-5,17H2. The fraction of sp³-hybridized carbons (Fsp3) is 0.400. The number of hydrogen-bond acceptors (Lipinski definition) is 2. The Morgan fingerprint density at radius 1 is 1.11 bits per heavy atom. The second-order valence-electron chi connectivity index (χ2n) is 5.17. The average Bonchev–Trinajstić information content (AvgIpc) is 2.39. The van der Waals surface area contributed by atoms with Crippen molar-refractivity contribution >= 4 is 10.9 Å². The summed E-state index contributed by atoms with van der Waals surface area (Å²) in [6.07, 6.45) is 6.13. The van der Waals surface area contributed by atoms with Gasteiger partial charge in [-0.25, -0.2) is 4.39 Å². The van der Waals surface area contributed by atoms with E-state index >= 15 is 0 Å². The lowest BCUT2D eigenvalue weighted by atomic mass is 9.81. The third-order valence-electron chi connectivity index (χ3n) is 3.95. The van der Waals surface area contributed by atoms with Gasteiger partial charge in [0.2, 0.25) is 0 Å².